The summed E-state index contributed by atoms with van der Waals surface area (Å²) in [5.41, 5.74) is 1.99. The molecule has 5 heteroatoms. The van der Waals surface area contributed by atoms with E-state index < -0.39 is 6.10 Å². The predicted octanol–water partition coefficient (Wildman–Crippen LogP) is 3.33. The Bertz CT molecular complexity index is 657. The van der Waals surface area contributed by atoms with E-state index in [1.807, 2.05) is 36.4 Å². The van der Waals surface area contributed by atoms with Crippen LogP contribution >= 0.6 is 11.6 Å². The first-order chi connectivity index (χ1) is 11.6. The molecule has 0 bridgehead atoms. The average molecular weight is 349 g/mol. The SMILES string of the molecule is OC(CN1CCN(Cc2ccc(F)cc2)CC1)c1cccc(Cl)c1. The summed E-state index contributed by atoms with van der Waals surface area (Å²) in [6.07, 6.45) is -0.521. The zero-order valence-corrected chi connectivity index (χ0v) is 14.3. The molecule has 1 aliphatic heterocycles. The highest BCUT2D eigenvalue weighted by molar-refractivity contribution is 6.30. The summed E-state index contributed by atoms with van der Waals surface area (Å²) in [6, 6.07) is 14.1. The molecule has 0 aromatic heterocycles. The molecule has 2 aromatic rings. The molecule has 1 N–H and O–H groups in total. The number of aliphatic hydroxyl groups is 1. The number of piperazine rings is 1. The third kappa shape index (κ3) is 4.77. The van der Waals surface area contributed by atoms with E-state index >= 15 is 0 Å². The quantitative estimate of drug-likeness (QED) is 0.897. The molecule has 1 unspecified atom stereocenters. The van der Waals surface area contributed by atoms with Crippen LogP contribution in [0.3, 0.4) is 0 Å². The van der Waals surface area contributed by atoms with Crippen molar-refractivity contribution >= 4 is 11.6 Å². The molecular formula is C19H22ClFN2O. The number of nitrogens with zero attached hydrogens (tertiary/aromatic N) is 2. The number of hydrogen-bond donors (Lipinski definition) is 1. The van der Waals surface area contributed by atoms with E-state index in [2.05, 4.69) is 9.80 Å². The van der Waals surface area contributed by atoms with Gasteiger partial charge >= 0.3 is 0 Å². The maximum atomic E-state index is 13.0. The van der Waals surface area contributed by atoms with Gasteiger partial charge in [-0.05, 0) is 35.4 Å². The first-order valence-electron chi connectivity index (χ1n) is 8.23. The Kier molecular flexibility index (Phi) is 5.85. The Labute approximate surface area is 147 Å². The second kappa shape index (κ2) is 8.08. The molecule has 1 saturated heterocycles. The second-order valence-corrected chi connectivity index (χ2v) is 6.71. The van der Waals surface area contributed by atoms with Crippen LogP contribution in [0.4, 0.5) is 4.39 Å². The van der Waals surface area contributed by atoms with Gasteiger partial charge in [0.15, 0.2) is 0 Å². The first kappa shape index (κ1) is 17.4. The molecule has 128 valence electrons. The lowest BCUT2D eigenvalue weighted by Gasteiger charge is -2.35. The van der Waals surface area contributed by atoms with Gasteiger partial charge in [0.1, 0.15) is 5.82 Å². The molecule has 0 radical (unpaired) electrons. The molecule has 24 heavy (non-hydrogen) atoms. The number of aliphatic hydroxyl groups excluding tert-OH is 1. The molecule has 0 saturated carbocycles. The summed E-state index contributed by atoms with van der Waals surface area (Å²) in [5, 5.41) is 11.0. The van der Waals surface area contributed by atoms with E-state index in [0.717, 1.165) is 43.9 Å². The monoisotopic (exact) mass is 348 g/mol. The number of benzene rings is 2. The van der Waals surface area contributed by atoms with Crippen molar-refractivity contribution in [2.24, 2.45) is 0 Å². The highest BCUT2D eigenvalue weighted by atomic mass is 35.5. The molecule has 0 amide bonds. The van der Waals surface area contributed by atoms with Gasteiger partial charge in [-0.1, -0.05) is 35.9 Å². The van der Waals surface area contributed by atoms with Crippen molar-refractivity contribution in [3.8, 4) is 0 Å². The molecule has 1 atom stereocenters. The smallest absolute Gasteiger partial charge is 0.123 e. The van der Waals surface area contributed by atoms with Crippen molar-refractivity contribution in [3.05, 3.63) is 70.5 Å². The number of hydrogen-bond acceptors (Lipinski definition) is 3. The van der Waals surface area contributed by atoms with Gasteiger partial charge in [0.25, 0.3) is 0 Å². The van der Waals surface area contributed by atoms with Gasteiger partial charge in [0.2, 0.25) is 0 Å². The Balaban J connectivity index is 1.47. The van der Waals surface area contributed by atoms with Gasteiger partial charge in [0, 0.05) is 44.3 Å². The lowest BCUT2D eigenvalue weighted by atomic mass is 10.1. The zero-order valence-electron chi connectivity index (χ0n) is 13.5. The van der Waals surface area contributed by atoms with Crippen molar-refractivity contribution in [1.29, 1.82) is 0 Å². The number of rotatable bonds is 5. The Hall–Kier alpha value is -1.46. The summed E-state index contributed by atoms with van der Waals surface area (Å²) in [5.74, 6) is -0.196. The minimum Gasteiger partial charge on any atom is -0.387 e. The lowest BCUT2D eigenvalue weighted by molar-refractivity contribution is 0.0701. The van der Waals surface area contributed by atoms with Crippen LogP contribution in [0.1, 0.15) is 17.2 Å². The van der Waals surface area contributed by atoms with E-state index in [1.54, 1.807) is 0 Å². The molecule has 0 spiro atoms. The third-order valence-electron chi connectivity index (χ3n) is 4.45. The zero-order chi connectivity index (χ0) is 16.9. The van der Waals surface area contributed by atoms with Gasteiger partial charge in [-0.25, -0.2) is 4.39 Å². The fraction of sp³-hybridized carbons (Fsp3) is 0.368. The van der Waals surface area contributed by atoms with Gasteiger partial charge in [0.05, 0.1) is 6.10 Å². The molecule has 1 aliphatic rings. The van der Waals surface area contributed by atoms with Crippen LogP contribution < -0.4 is 0 Å². The average Bonchev–Trinajstić information content (AvgIpc) is 2.59. The Morgan fingerprint density at radius 2 is 1.67 bits per heavy atom. The Morgan fingerprint density at radius 3 is 2.33 bits per heavy atom. The molecule has 1 fully saturated rings. The summed E-state index contributed by atoms with van der Waals surface area (Å²) in [7, 11) is 0. The van der Waals surface area contributed by atoms with Crippen molar-refractivity contribution in [2.45, 2.75) is 12.6 Å². The predicted molar refractivity (Wildman–Crippen MR) is 94.5 cm³/mol. The van der Waals surface area contributed by atoms with Crippen LogP contribution in [0, 0.1) is 5.82 Å². The lowest BCUT2D eigenvalue weighted by Crippen LogP contribution is -2.47. The molecular weight excluding hydrogens is 327 g/mol. The van der Waals surface area contributed by atoms with Crippen molar-refractivity contribution < 1.29 is 9.50 Å². The number of halogens is 2. The van der Waals surface area contributed by atoms with Crippen LogP contribution in [0.5, 0.6) is 0 Å². The van der Waals surface area contributed by atoms with Crippen LogP contribution in [0.25, 0.3) is 0 Å². The molecule has 0 aliphatic carbocycles. The van der Waals surface area contributed by atoms with Gasteiger partial charge in [-0.2, -0.15) is 0 Å². The first-order valence-corrected chi connectivity index (χ1v) is 8.60. The van der Waals surface area contributed by atoms with Crippen LogP contribution in [-0.2, 0) is 6.54 Å². The topological polar surface area (TPSA) is 26.7 Å². The highest BCUT2D eigenvalue weighted by Crippen LogP contribution is 2.19. The van der Waals surface area contributed by atoms with Crippen LogP contribution in [-0.4, -0.2) is 47.6 Å². The number of β-amino-alcohol motifs (C(OH)–C–C–N with tert-alkyl or cyclic N) is 1. The van der Waals surface area contributed by atoms with Crippen molar-refractivity contribution in [3.63, 3.8) is 0 Å². The van der Waals surface area contributed by atoms with Gasteiger partial charge in [-0.15, -0.1) is 0 Å². The summed E-state index contributed by atoms with van der Waals surface area (Å²) in [6.45, 7) is 5.17. The maximum absolute atomic E-state index is 13.0. The van der Waals surface area contributed by atoms with Gasteiger partial charge in [-0.3, -0.25) is 9.80 Å². The van der Waals surface area contributed by atoms with Crippen molar-refractivity contribution in [2.75, 3.05) is 32.7 Å². The second-order valence-electron chi connectivity index (χ2n) is 6.27. The summed E-state index contributed by atoms with van der Waals surface area (Å²) in [4.78, 5) is 4.63. The van der Waals surface area contributed by atoms with E-state index in [9.17, 15) is 9.50 Å². The van der Waals surface area contributed by atoms with E-state index in [-0.39, 0.29) is 5.82 Å². The molecule has 3 rings (SSSR count). The molecule has 2 aromatic carbocycles. The van der Waals surface area contributed by atoms with Crippen LogP contribution in [0.15, 0.2) is 48.5 Å². The van der Waals surface area contributed by atoms with Crippen LogP contribution in [0.2, 0.25) is 5.02 Å². The summed E-state index contributed by atoms with van der Waals surface area (Å²) < 4.78 is 13.0. The Morgan fingerprint density at radius 1 is 1.00 bits per heavy atom. The fourth-order valence-electron chi connectivity index (χ4n) is 3.04. The standard InChI is InChI=1S/C19H22ClFN2O/c20-17-3-1-2-16(12-17)19(24)14-23-10-8-22(9-11-23)13-15-4-6-18(21)7-5-15/h1-7,12,19,24H,8-11,13-14H2. The highest BCUT2D eigenvalue weighted by Gasteiger charge is 2.20. The largest absolute Gasteiger partial charge is 0.387 e. The maximum Gasteiger partial charge on any atom is 0.123 e. The fourth-order valence-corrected chi connectivity index (χ4v) is 3.24. The molecule has 3 nitrogen and oxygen atoms in total. The normalized spacial score (nSPS) is 17.8. The van der Waals surface area contributed by atoms with E-state index in [1.165, 1.54) is 12.1 Å². The van der Waals surface area contributed by atoms with Gasteiger partial charge < -0.3 is 5.11 Å². The van der Waals surface area contributed by atoms with E-state index in [0.29, 0.717) is 11.6 Å². The summed E-state index contributed by atoms with van der Waals surface area (Å²) >= 11 is 5.98. The minimum absolute atomic E-state index is 0.196. The minimum atomic E-state index is -0.521. The third-order valence-corrected chi connectivity index (χ3v) is 4.68. The molecule has 1 heterocycles. The van der Waals surface area contributed by atoms with E-state index in [4.69, 9.17) is 11.6 Å². The van der Waals surface area contributed by atoms with Crippen molar-refractivity contribution in [1.82, 2.24) is 9.80 Å².